The molecule has 0 radical (unpaired) electrons. The SMILES string of the molecule is O=S(=O)(O)c1cc2ccccc2c(O)c1Nc1ccc(O)cc1. The van der Waals surface area contributed by atoms with E-state index in [-0.39, 0.29) is 17.2 Å². The molecule has 0 aromatic heterocycles. The van der Waals surface area contributed by atoms with E-state index in [1.54, 1.807) is 24.3 Å². The first-order valence-electron chi connectivity index (χ1n) is 6.64. The summed E-state index contributed by atoms with van der Waals surface area (Å²) in [7, 11) is -4.55. The van der Waals surface area contributed by atoms with Gasteiger partial charge in [-0.3, -0.25) is 4.55 Å². The van der Waals surface area contributed by atoms with Crippen LogP contribution < -0.4 is 5.32 Å². The maximum absolute atomic E-state index is 11.7. The molecule has 3 aromatic carbocycles. The van der Waals surface area contributed by atoms with Crippen LogP contribution in [0, 0.1) is 0 Å². The van der Waals surface area contributed by atoms with Crippen LogP contribution >= 0.6 is 0 Å². The molecule has 0 amide bonds. The van der Waals surface area contributed by atoms with Crippen LogP contribution in [0.15, 0.2) is 59.5 Å². The molecule has 4 N–H and O–H groups in total. The zero-order valence-corrected chi connectivity index (χ0v) is 12.6. The molecule has 0 spiro atoms. The van der Waals surface area contributed by atoms with Crippen molar-refractivity contribution >= 4 is 32.3 Å². The fraction of sp³-hybridized carbons (Fsp3) is 0. The van der Waals surface area contributed by atoms with Crippen molar-refractivity contribution in [3.8, 4) is 11.5 Å². The van der Waals surface area contributed by atoms with Gasteiger partial charge in [0.25, 0.3) is 10.1 Å². The fourth-order valence-electron chi connectivity index (χ4n) is 2.32. The number of phenols is 2. The molecule has 0 unspecified atom stereocenters. The van der Waals surface area contributed by atoms with E-state index >= 15 is 0 Å². The molecule has 118 valence electrons. The summed E-state index contributed by atoms with van der Waals surface area (Å²) in [5.41, 5.74) is 0.315. The van der Waals surface area contributed by atoms with Crippen molar-refractivity contribution in [2.45, 2.75) is 4.90 Å². The molecule has 23 heavy (non-hydrogen) atoms. The molecule has 0 aliphatic carbocycles. The quantitative estimate of drug-likeness (QED) is 0.333. The van der Waals surface area contributed by atoms with Gasteiger partial charge in [0.05, 0.1) is 0 Å². The normalized spacial score (nSPS) is 11.5. The number of hydrogen-bond donors (Lipinski definition) is 4. The van der Waals surface area contributed by atoms with Crippen molar-refractivity contribution in [1.82, 2.24) is 0 Å². The van der Waals surface area contributed by atoms with Gasteiger partial charge in [0.2, 0.25) is 0 Å². The molecule has 3 aromatic rings. The van der Waals surface area contributed by atoms with E-state index < -0.39 is 15.0 Å². The Morgan fingerprint density at radius 3 is 2.22 bits per heavy atom. The second-order valence-corrected chi connectivity index (χ2v) is 6.36. The Labute approximate surface area is 132 Å². The van der Waals surface area contributed by atoms with Crippen LogP contribution in [0.3, 0.4) is 0 Å². The van der Waals surface area contributed by atoms with Crippen LogP contribution in [-0.4, -0.2) is 23.2 Å². The first-order chi connectivity index (χ1) is 10.9. The number of nitrogens with one attached hydrogen (secondary N) is 1. The third kappa shape index (κ3) is 2.92. The lowest BCUT2D eigenvalue weighted by atomic mass is 10.1. The molecular weight excluding hydrogens is 318 g/mol. The van der Waals surface area contributed by atoms with Gasteiger partial charge in [-0.05, 0) is 35.7 Å². The molecular formula is C16H13NO5S. The highest BCUT2D eigenvalue weighted by Gasteiger charge is 2.21. The average Bonchev–Trinajstić information content (AvgIpc) is 2.51. The molecule has 0 saturated carbocycles. The summed E-state index contributed by atoms with van der Waals surface area (Å²) in [5.74, 6) is -0.239. The molecule has 3 rings (SSSR count). The summed E-state index contributed by atoms with van der Waals surface area (Å²) in [6.07, 6.45) is 0. The Balaban J connectivity index is 2.24. The van der Waals surface area contributed by atoms with Crippen LogP contribution in [0.1, 0.15) is 0 Å². The highest BCUT2D eigenvalue weighted by Crippen LogP contribution is 2.40. The highest BCUT2D eigenvalue weighted by atomic mass is 32.2. The molecule has 0 fully saturated rings. The summed E-state index contributed by atoms with van der Waals surface area (Å²) >= 11 is 0. The van der Waals surface area contributed by atoms with Crippen molar-refractivity contribution < 1.29 is 23.2 Å². The largest absolute Gasteiger partial charge is 0.508 e. The zero-order chi connectivity index (χ0) is 16.6. The van der Waals surface area contributed by atoms with Gasteiger partial charge in [0.1, 0.15) is 22.1 Å². The Morgan fingerprint density at radius 1 is 0.913 bits per heavy atom. The standard InChI is InChI=1S/C16H13NO5S/c18-12-7-5-11(6-8-12)17-15-14(23(20,21)22)9-10-3-1-2-4-13(10)16(15)19/h1-9,17-19H,(H,20,21,22). The molecule has 7 heteroatoms. The lowest BCUT2D eigenvalue weighted by Gasteiger charge is -2.14. The van der Waals surface area contributed by atoms with Crippen molar-refractivity contribution in [2.24, 2.45) is 0 Å². The molecule has 0 aliphatic rings. The Kier molecular flexibility index (Phi) is 3.59. The van der Waals surface area contributed by atoms with Crippen molar-refractivity contribution in [3.05, 3.63) is 54.6 Å². The van der Waals surface area contributed by atoms with E-state index in [1.165, 1.54) is 30.3 Å². The van der Waals surface area contributed by atoms with Gasteiger partial charge in [-0.15, -0.1) is 0 Å². The fourth-order valence-corrected chi connectivity index (χ4v) is 3.00. The second kappa shape index (κ2) is 5.45. The van der Waals surface area contributed by atoms with Crippen molar-refractivity contribution in [2.75, 3.05) is 5.32 Å². The number of anilines is 2. The molecule has 0 heterocycles. The Hall–Kier alpha value is -2.77. The van der Waals surface area contributed by atoms with Gasteiger partial charge in [-0.2, -0.15) is 8.42 Å². The average molecular weight is 331 g/mol. The first kappa shape index (κ1) is 15.1. The van der Waals surface area contributed by atoms with E-state index in [9.17, 15) is 23.2 Å². The molecule has 0 atom stereocenters. The summed E-state index contributed by atoms with van der Waals surface area (Å²) < 4.78 is 32.8. The molecule has 0 aliphatic heterocycles. The third-order valence-electron chi connectivity index (χ3n) is 3.40. The van der Waals surface area contributed by atoms with E-state index in [0.29, 0.717) is 16.5 Å². The second-order valence-electron chi connectivity index (χ2n) is 4.97. The molecule has 0 saturated heterocycles. The van der Waals surface area contributed by atoms with E-state index in [4.69, 9.17) is 0 Å². The predicted molar refractivity (Wildman–Crippen MR) is 86.8 cm³/mol. The summed E-state index contributed by atoms with van der Waals surface area (Å²) in [6, 6.07) is 13.8. The maximum Gasteiger partial charge on any atom is 0.296 e. The molecule has 6 nitrogen and oxygen atoms in total. The number of phenolic OH excluding ortho intramolecular Hbond substituents is 2. The van der Waals surface area contributed by atoms with Crippen molar-refractivity contribution in [1.29, 1.82) is 0 Å². The smallest absolute Gasteiger partial charge is 0.296 e. The zero-order valence-electron chi connectivity index (χ0n) is 11.8. The number of rotatable bonds is 3. The summed E-state index contributed by atoms with van der Waals surface area (Å²) in [4.78, 5) is -0.429. The topological polar surface area (TPSA) is 107 Å². The lowest BCUT2D eigenvalue weighted by Crippen LogP contribution is -2.04. The van der Waals surface area contributed by atoms with Gasteiger partial charge < -0.3 is 15.5 Å². The molecule has 0 bridgehead atoms. The van der Waals surface area contributed by atoms with Crippen LogP contribution in [0.25, 0.3) is 10.8 Å². The van der Waals surface area contributed by atoms with Crippen LogP contribution in [-0.2, 0) is 10.1 Å². The van der Waals surface area contributed by atoms with Gasteiger partial charge >= 0.3 is 0 Å². The number of aromatic hydroxyl groups is 2. The minimum atomic E-state index is -4.55. The van der Waals surface area contributed by atoms with Gasteiger partial charge in [0.15, 0.2) is 0 Å². The lowest BCUT2D eigenvalue weighted by molar-refractivity contribution is 0.473. The van der Waals surface area contributed by atoms with Gasteiger partial charge in [-0.25, -0.2) is 0 Å². The summed E-state index contributed by atoms with van der Waals surface area (Å²) in [5, 5.41) is 23.4. The van der Waals surface area contributed by atoms with Crippen LogP contribution in [0.5, 0.6) is 11.5 Å². The van der Waals surface area contributed by atoms with Crippen molar-refractivity contribution in [3.63, 3.8) is 0 Å². The number of benzene rings is 3. The van der Waals surface area contributed by atoms with Crippen LogP contribution in [0.2, 0.25) is 0 Å². The minimum Gasteiger partial charge on any atom is -0.508 e. The van der Waals surface area contributed by atoms with Crippen LogP contribution in [0.4, 0.5) is 11.4 Å². The maximum atomic E-state index is 11.7. The minimum absolute atomic E-state index is 0.0493. The summed E-state index contributed by atoms with van der Waals surface area (Å²) in [6.45, 7) is 0. The third-order valence-corrected chi connectivity index (χ3v) is 4.28. The Bertz CT molecular complexity index is 981. The highest BCUT2D eigenvalue weighted by molar-refractivity contribution is 7.86. The monoisotopic (exact) mass is 331 g/mol. The number of fused-ring (bicyclic) bond motifs is 1. The first-order valence-corrected chi connectivity index (χ1v) is 8.08. The predicted octanol–water partition coefficient (Wildman–Crippen LogP) is 3.24. The number of hydrogen-bond acceptors (Lipinski definition) is 5. The van der Waals surface area contributed by atoms with E-state index in [2.05, 4.69) is 5.32 Å². The van der Waals surface area contributed by atoms with E-state index in [0.717, 1.165) is 0 Å². The van der Waals surface area contributed by atoms with Gasteiger partial charge in [-0.1, -0.05) is 24.3 Å². The Morgan fingerprint density at radius 2 is 1.57 bits per heavy atom. The van der Waals surface area contributed by atoms with E-state index in [1.807, 2.05) is 0 Å². The van der Waals surface area contributed by atoms with Gasteiger partial charge in [0, 0.05) is 11.1 Å².